The van der Waals surface area contributed by atoms with Gasteiger partial charge in [-0.15, -0.1) is 0 Å². The molecule has 5 nitrogen and oxygen atoms in total. The van der Waals surface area contributed by atoms with Gasteiger partial charge in [-0.2, -0.15) is 0 Å². The average molecular weight is 367 g/mol. The summed E-state index contributed by atoms with van der Waals surface area (Å²) in [5.74, 6) is -0.230. The largest absolute Gasteiger partial charge is 0.352 e. The number of benzene rings is 2. The number of amides is 1. The molecule has 0 unspecified atom stereocenters. The standard InChI is InChI=1S/C17H19ClN2O3S/c1-2-20-24(22,23)14-9-7-13(8-10-14)11-12-19-17(21)15-5-3-4-6-16(15)18/h3-10,20H,2,11-12H2,1H3,(H,19,21). The molecule has 128 valence electrons. The number of halogens is 1. The van der Waals surface area contributed by atoms with Crippen LogP contribution in [0.15, 0.2) is 53.4 Å². The van der Waals surface area contributed by atoms with E-state index in [0.29, 0.717) is 30.1 Å². The summed E-state index contributed by atoms with van der Waals surface area (Å²) >= 11 is 5.98. The Morgan fingerprint density at radius 1 is 1.08 bits per heavy atom. The van der Waals surface area contributed by atoms with Crippen LogP contribution in [-0.4, -0.2) is 27.4 Å². The van der Waals surface area contributed by atoms with Crippen molar-refractivity contribution in [2.75, 3.05) is 13.1 Å². The SMILES string of the molecule is CCNS(=O)(=O)c1ccc(CCNC(=O)c2ccccc2Cl)cc1. The molecular weight excluding hydrogens is 348 g/mol. The molecule has 0 heterocycles. The van der Waals surface area contributed by atoms with Crippen LogP contribution in [0, 0.1) is 0 Å². The Balaban J connectivity index is 1.91. The summed E-state index contributed by atoms with van der Waals surface area (Å²) in [6, 6.07) is 13.5. The van der Waals surface area contributed by atoms with Gasteiger partial charge in [0.15, 0.2) is 0 Å². The third-order valence-electron chi connectivity index (χ3n) is 3.39. The topological polar surface area (TPSA) is 75.3 Å². The Hall–Kier alpha value is -1.89. The molecule has 0 saturated carbocycles. The number of carbonyl (C=O) groups is 1. The molecule has 2 aromatic carbocycles. The summed E-state index contributed by atoms with van der Waals surface area (Å²) < 4.78 is 26.2. The molecule has 0 aliphatic heterocycles. The van der Waals surface area contributed by atoms with Gasteiger partial charge >= 0.3 is 0 Å². The quantitative estimate of drug-likeness (QED) is 0.790. The van der Waals surface area contributed by atoms with Crippen molar-refractivity contribution in [1.29, 1.82) is 0 Å². The Kier molecular flexibility index (Phi) is 6.36. The van der Waals surface area contributed by atoms with Gasteiger partial charge in [-0.1, -0.05) is 42.8 Å². The van der Waals surface area contributed by atoms with Crippen LogP contribution in [0.5, 0.6) is 0 Å². The van der Waals surface area contributed by atoms with Crippen molar-refractivity contribution in [2.45, 2.75) is 18.2 Å². The molecule has 1 amide bonds. The summed E-state index contributed by atoms with van der Waals surface area (Å²) in [5, 5.41) is 3.21. The van der Waals surface area contributed by atoms with E-state index in [2.05, 4.69) is 10.0 Å². The molecule has 0 saturated heterocycles. The van der Waals surface area contributed by atoms with Crippen molar-refractivity contribution in [2.24, 2.45) is 0 Å². The highest BCUT2D eigenvalue weighted by Crippen LogP contribution is 2.14. The highest BCUT2D eigenvalue weighted by atomic mass is 35.5. The van der Waals surface area contributed by atoms with Gasteiger partial charge in [0.05, 0.1) is 15.5 Å². The summed E-state index contributed by atoms with van der Waals surface area (Å²) in [5.41, 5.74) is 1.37. The molecule has 0 aromatic heterocycles. The number of sulfonamides is 1. The van der Waals surface area contributed by atoms with Gasteiger partial charge < -0.3 is 5.32 Å². The van der Waals surface area contributed by atoms with E-state index in [0.717, 1.165) is 5.56 Å². The van der Waals surface area contributed by atoms with E-state index in [1.807, 2.05) is 0 Å². The molecule has 0 atom stereocenters. The maximum Gasteiger partial charge on any atom is 0.252 e. The van der Waals surface area contributed by atoms with Gasteiger partial charge in [-0.25, -0.2) is 13.1 Å². The first-order valence-corrected chi connectivity index (χ1v) is 9.41. The minimum Gasteiger partial charge on any atom is -0.352 e. The molecule has 7 heteroatoms. The molecule has 24 heavy (non-hydrogen) atoms. The monoisotopic (exact) mass is 366 g/mol. The van der Waals surface area contributed by atoms with E-state index >= 15 is 0 Å². The van der Waals surface area contributed by atoms with Gasteiger partial charge in [0.2, 0.25) is 10.0 Å². The molecule has 0 aliphatic rings. The van der Waals surface area contributed by atoms with E-state index < -0.39 is 10.0 Å². The summed E-state index contributed by atoms with van der Waals surface area (Å²) in [7, 11) is -3.44. The minimum absolute atomic E-state index is 0.230. The van der Waals surface area contributed by atoms with Crippen LogP contribution in [0.25, 0.3) is 0 Å². The van der Waals surface area contributed by atoms with Crippen molar-refractivity contribution < 1.29 is 13.2 Å². The zero-order valence-corrected chi connectivity index (χ0v) is 14.8. The van der Waals surface area contributed by atoms with Gasteiger partial charge in [-0.05, 0) is 36.2 Å². The fourth-order valence-corrected chi connectivity index (χ4v) is 3.43. The Bertz CT molecular complexity index is 805. The molecule has 0 aliphatic carbocycles. The minimum atomic E-state index is -3.44. The second kappa shape index (κ2) is 8.28. The summed E-state index contributed by atoms with van der Waals surface area (Å²) in [4.78, 5) is 12.3. The number of nitrogens with one attached hydrogen (secondary N) is 2. The first-order valence-electron chi connectivity index (χ1n) is 7.55. The zero-order valence-electron chi connectivity index (χ0n) is 13.3. The van der Waals surface area contributed by atoms with Gasteiger partial charge in [-0.3, -0.25) is 4.79 Å². The van der Waals surface area contributed by atoms with Crippen LogP contribution in [0.3, 0.4) is 0 Å². The first-order chi connectivity index (χ1) is 11.4. The van der Waals surface area contributed by atoms with Gasteiger partial charge in [0, 0.05) is 13.1 Å². The molecule has 0 radical (unpaired) electrons. The Labute approximate surface area is 147 Å². The highest BCUT2D eigenvalue weighted by molar-refractivity contribution is 7.89. The number of carbonyl (C=O) groups excluding carboxylic acids is 1. The van der Waals surface area contributed by atoms with Gasteiger partial charge in [0.25, 0.3) is 5.91 Å². The summed E-state index contributed by atoms with van der Waals surface area (Å²) in [6.07, 6.45) is 0.595. The van der Waals surface area contributed by atoms with Crippen molar-refractivity contribution in [3.63, 3.8) is 0 Å². The second-order valence-corrected chi connectivity index (χ2v) is 7.31. The van der Waals surface area contributed by atoms with Crippen LogP contribution < -0.4 is 10.0 Å². The van der Waals surface area contributed by atoms with E-state index in [-0.39, 0.29) is 10.8 Å². The smallest absolute Gasteiger partial charge is 0.252 e. The van der Waals surface area contributed by atoms with Gasteiger partial charge in [0.1, 0.15) is 0 Å². The molecular formula is C17H19ClN2O3S. The Morgan fingerprint density at radius 2 is 1.75 bits per heavy atom. The lowest BCUT2D eigenvalue weighted by Crippen LogP contribution is -2.26. The van der Waals surface area contributed by atoms with Crippen LogP contribution in [0.1, 0.15) is 22.8 Å². The third kappa shape index (κ3) is 4.80. The van der Waals surface area contributed by atoms with Crippen molar-refractivity contribution in [3.8, 4) is 0 Å². The number of hydrogen-bond donors (Lipinski definition) is 2. The zero-order chi connectivity index (χ0) is 17.6. The van der Waals surface area contributed by atoms with E-state index in [9.17, 15) is 13.2 Å². The summed E-state index contributed by atoms with van der Waals surface area (Å²) in [6.45, 7) is 2.51. The predicted molar refractivity (Wildman–Crippen MR) is 94.8 cm³/mol. The first kappa shape index (κ1) is 18.4. The third-order valence-corrected chi connectivity index (χ3v) is 5.28. The average Bonchev–Trinajstić information content (AvgIpc) is 2.55. The van der Waals surface area contributed by atoms with Crippen molar-refractivity contribution in [3.05, 3.63) is 64.7 Å². The molecule has 2 aromatic rings. The molecule has 0 bridgehead atoms. The normalized spacial score (nSPS) is 11.2. The maximum atomic E-state index is 12.0. The Morgan fingerprint density at radius 3 is 2.38 bits per heavy atom. The van der Waals surface area contributed by atoms with E-state index in [1.54, 1.807) is 55.5 Å². The van der Waals surface area contributed by atoms with Crippen LogP contribution in [0.2, 0.25) is 5.02 Å². The lowest BCUT2D eigenvalue weighted by Gasteiger charge is -2.08. The lowest BCUT2D eigenvalue weighted by molar-refractivity contribution is 0.0954. The lowest BCUT2D eigenvalue weighted by atomic mass is 10.1. The predicted octanol–water partition coefficient (Wildman–Crippen LogP) is 2.61. The maximum absolute atomic E-state index is 12.0. The van der Waals surface area contributed by atoms with Crippen LogP contribution >= 0.6 is 11.6 Å². The molecule has 0 spiro atoms. The fraction of sp³-hybridized carbons (Fsp3) is 0.235. The van der Waals surface area contributed by atoms with E-state index in [1.165, 1.54) is 0 Å². The van der Waals surface area contributed by atoms with Crippen molar-refractivity contribution >= 4 is 27.5 Å². The van der Waals surface area contributed by atoms with Crippen molar-refractivity contribution in [1.82, 2.24) is 10.0 Å². The highest BCUT2D eigenvalue weighted by Gasteiger charge is 2.12. The number of hydrogen-bond acceptors (Lipinski definition) is 3. The fourth-order valence-electron chi connectivity index (χ4n) is 2.17. The van der Waals surface area contributed by atoms with Crippen LogP contribution in [0.4, 0.5) is 0 Å². The van der Waals surface area contributed by atoms with Crippen LogP contribution in [-0.2, 0) is 16.4 Å². The molecule has 2 rings (SSSR count). The molecule has 2 N–H and O–H groups in total. The molecule has 0 fully saturated rings. The second-order valence-electron chi connectivity index (χ2n) is 5.13. The number of rotatable bonds is 7. The van der Waals surface area contributed by atoms with E-state index in [4.69, 9.17) is 11.6 Å².